The van der Waals surface area contributed by atoms with Crippen LogP contribution in [-0.2, 0) is 24.4 Å². The quantitative estimate of drug-likeness (QED) is 0.433. The fraction of sp³-hybridized carbons (Fsp3) is 0.529. The molecule has 0 radical (unpaired) electrons. The van der Waals surface area contributed by atoms with Gasteiger partial charge in [-0.3, -0.25) is 14.4 Å². The summed E-state index contributed by atoms with van der Waals surface area (Å²) in [6, 6.07) is 2.58. The van der Waals surface area contributed by atoms with Crippen LogP contribution in [0.25, 0.3) is 0 Å². The number of carbonyl (C=O) groups is 3. The number of pyridine rings is 1. The third-order valence-corrected chi connectivity index (χ3v) is 6.44. The number of nitrogens with two attached hydrogens (primary N) is 1. The Balaban J connectivity index is 2.43. The molecular formula is C17H24N4O6S. The summed E-state index contributed by atoms with van der Waals surface area (Å²) in [5.41, 5.74) is 5.19. The summed E-state index contributed by atoms with van der Waals surface area (Å²) >= 11 is 0. The summed E-state index contributed by atoms with van der Waals surface area (Å²) in [5.74, 6) is -2.55. The van der Waals surface area contributed by atoms with Crippen molar-refractivity contribution in [3.8, 4) is 0 Å². The largest absolute Gasteiger partial charge is 0.618 e. The van der Waals surface area contributed by atoms with E-state index in [4.69, 9.17) is 5.73 Å². The van der Waals surface area contributed by atoms with E-state index >= 15 is 0 Å². The standard InChI is InChI=1S/C17H24N4O6S/c1-12(17(18)24)7-8-15(23)21(13-5-4-9-19-11-14(13)22)28(26,27)16-6-2-3-10-20(16)25/h2-3,6,10,12-13,19H,4-5,7-9,11H2,1H3,(H2,18,24)/t12?,13-/m0/s1. The minimum Gasteiger partial charge on any atom is -0.618 e. The zero-order valence-corrected chi connectivity index (χ0v) is 16.4. The van der Waals surface area contributed by atoms with E-state index in [1.54, 1.807) is 0 Å². The number of hydrogen-bond donors (Lipinski definition) is 2. The van der Waals surface area contributed by atoms with E-state index in [2.05, 4.69) is 5.32 Å². The van der Waals surface area contributed by atoms with Gasteiger partial charge in [0.1, 0.15) is 6.04 Å². The first-order chi connectivity index (χ1) is 13.2. The van der Waals surface area contributed by atoms with Gasteiger partial charge in [0.2, 0.25) is 11.8 Å². The first-order valence-electron chi connectivity index (χ1n) is 8.94. The van der Waals surface area contributed by atoms with Crippen LogP contribution < -0.4 is 15.8 Å². The Kier molecular flexibility index (Phi) is 7.08. The minimum atomic E-state index is -4.58. The molecule has 28 heavy (non-hydrogen) atoms. The summed E-state index contributed by atoms with van der Waals surface area (Å²) < 4.78 is 27.0. The predicted molar refractivity (Wildman–Crippen MR) is 97.9 cm³/mol. The number of nitrogens with one attached hydrogen (secondary N) is 1. The second-order valence-corrected chi connectivity index (χ2v) is 8.46. The lowest BCUT2D eigenvalue weighted by molar-refractivity contribution is -0.646. The zero-order chi connectivity index (χ0) is 20.9. The monoisotopic (exact) mass is 412 g/mol. The van der Waals surface area contributed by atoms with E-state index in [-0.39, 0.29) is 30.5 Å². The van der Waals surface area contributed by atoms with Crippen LogP contribution >= 0.6 is 0 Å². The Morgan fingerprint density at radius 3 is 2.79 bits per heavy atom. The SMILES string of the molecule is CC(CCC(=O)N([C@H]1CCCNCC1=O)S(=O)(=O)c1cccc[n+]1[O-])C(N)=O. The van der Waals surface area contributed by atoms with Gasteiger partial charge in [-0.15, -0.1) is 0 Å². The second kappa shape index (κ2) is 9.11. The molecule has 1 saturated heterocycles. The number of carbonyl (C=O) groups excluding carboxylic acids is 3. The summed E-state index contributed by atoms with van der Waals surface area (Å²) in [4.78, 5) is 36.6. The molecule has 11 heteroatoms. The van der Waals surface area contributed by atoms with Gasteiger partial charge in [-0.1, -0.05) is 6.92 Å². The molecule has 0 aromatic carbocycles. The Labute approximate surface area is 163 Å². The first-order valence-corrected chi connectivity index (χ1v) is 10.4. The van der Waals surface area contributed by atoms with Gasteiger partial charge in [0, 0.05) is 24.5 Å². The fourth-order valence-electron chi connectivity index (χ4n) is 2.94. The van der Waals surface area contributed by atoms with Crippen LogP contribution in [0.15, 0.2) is 29.4 Å². The number of Topliss-reactive ketones (excluding diaryl/α,β-unsaturated/α-hetero) is 1. The van der Waals surface area contributed by atoms with Crippen molar-refractivity contribution in [2.24, 2.45) is 11.7 Å². The molecule has 1 aromatic heterocycles. The molecule has 0 bridgehead atoms. The summed E-state index contributed by atoms with van der Waals surface area (Å²) in [6.45, 7) is 1.96. The van der Waals surface area contributed by atoms with Crippen molar-refractivity contribution in [3.63, 3.8) is 0 Å². The number of rotatable bonds is 7. The number of primary amides is 1. The van der Waals surface area contributed by atoms with Gasteiger partial charge in [-0.2, -0.15) is 13.1 Å². The Morgan fingerprint density at radius 2 is 2.14 bits per heavy atom. The minimum absolute atomic E-state index is 0.0332. The molecule has 3 N–H and O–H groups in total. The molecule has 0 spiro atoms. The lowest BCUT2D eigenvalue weighted by Crippen LogP contribution is -2.52. The molecule has 1 fully saturated rings. The van der Waals surface area contributed by atoms with Gasteiger partial charge in [0.25, 0.3) is 0 Å². The highest BCUT2D eigenvalue weighted by Crippen LogP contribution is 2.22. The van der Waals surface area contributed by atoms with Gasteiger partial charge < -0.3 is 16.3 Å². The molecule has 2 rings (SSSR count). The van der Waals surface area contributed by atoms with Crippen molar-refractivity contribution in [2.75, 3.05) is 13.1 Å². The molecule has 1 unspecified atom stereocenters. The molecule has 1 aliphatic heterocycles. The molecule has 2 amide bonds. The fourth-order valence-corrected chi connectivity index (χ4v) is 4.60. The third kappa shape index (κ3) is 4.84. The van der Waals surface area contributed by atoms with E-state index in [1.807, 2.05) is 0 Å². The van der Waals surface area contributed by atoms with Crippen LogP contribution in [0.3, 0.4) is 0 Å². The van der Waals surface area contributed by atoms with E-state index in [9.17, 15) is 28.0 Å². The van der Waals surface area contributed by atoms with Crippen molar-refractivity contribution < 1.29 is 27.5 Å². The summed E-state index contributed by atoms with van der Waals surface area (Å²) in [5, 5.41) is 14.3. The van der Waals surface area contributed by atoms with Crippen molar-refractivity contribution in [1.29, 1.82) is 0 Å². The Morgan fingerprint density at radius 1 is 1.43 bits per heavy atom. The van der Waals surface area contributed by atoms with Gasteiger partial charge in [0.15, 0.2) is 12.0 Å². The maximum absolute atomic E-state index is 13.2. The summed E-state index contributed by atoms with van der Waals surface area (Å²) in [7, 11) is -4.58. The lowest BCUT2D eigenvalue weighted by Gasteiger charge is -2.28. The van der Waals surface area contributed by atoms with Crippen LogP contribution in [0.5, 0.6) is 0 Å². The van der Waals surface area contributed by atoms with Crippen molar-refractivity contribution in [1.82, 2.24) is 9.62 Å². The molecule has 0 saturated carbocycles. The van der Waals surface area contributed by atoms with Crippen molar-refractivity contribution >= 4 is 27.6 Å². The Bertz CT molecular complexity index is 857. The van der Waals surface area contributed by atoms with Gasteiger partial charge in [0.05, 0.1) is 6.54 Å². The average Bonchev–Trinajstić information content (AvgIpc) is 2.84. The maximum atomic E-state index is 13.2. The molecule has 1 aromatic rings. The molecule has 0 aliphatic carbocycles. The molecular weight excluding hydrogens is 388 g/mol. The number of aromatic nitrogens is 1. The van der Waals surface area contributed by atoms with E-state index in [0.29, 0.717) is 17.3 Å². The van der Waals surface area contributed by atoms with E-state index in [0.717, 1.165) is 12.3 Å². The highest BCUT2D eigenvalue weighted by atomic mass is 32.2. The number of amides is 2. The molecule has 1 aliphatic rings. The highest BCUT2D eigenvalue weighted by Gasteiger charge is 2.42. The number of sulfonamides is 1. The molecule has 154 valence electrons. The predicted octanol–water partition coefficient (Wildman–Crippen LogP) is -0.940. The van der Waals surface area contributed by atoms with Crippen LogP contribution in [0, 0.1) is 11.1 Å². The summed E-state index contributed by atoms with van der Waals surface area (Å²) in [6.07, 6.45) is 1.37. The molecule has 2 atom stereocenters. The van der Waals surface area contributed by atoms with Crippen LogP contribution in [0.2, 0.25) is 0 Å². The highest BCUT2D eigenvalue weighted by molar-refractivity contribution is 7.89. The topological polar surface area (TPSA) is 154 Å². The van der Waals surface area contributed by atoms with Crippen LogP contribution in [0.4, 0.5) is 0 Å². The third-order valence-electron chi connectivity index (χ3n) is 4.62. The number of hydrogen-bond acceptors (Lipinski definition) is 7. The molecule has 2 heterocycles. The average molecular weight is 412 g/mol. The maximum Gasteiger partial charge on any atom is 0.329 e. The number of ketones is 1. The van der Waals surface area contributed by atoms with Gasteiger partial charge in [-0.25, -0.2) is 4.31 Å². The normalized spacial score (nSPS) is 18.9. The first kappa shape index (κ1) is 21.8. The van der Waals surface area contributed by atoms with Crippen molar-refractivity contribution in [3.05, 3.63) is 29.6 Å². The van der Waals surface area contributed by atoms with Crippen LogP contribution in [0.1, 0.15) is 32.6 Å². The zero-order valence-electron chi connectivity index (χ0n) is 15.5. The van der Waals surface area contributed by atoms with Gasteiger partial charge in [-0.05, 0) is 31.9 Å². The number of nitrogens with zero attached hydrogens (tertiary/aromatic N) is 2. The molecule has 10 nitrogen and oxygen atoms in total. The van der Waals surface area contributed by atoms with E-state index < -0.39 is 44.6 Å². The van der Waals surface area contributed by atoms with E-state index in [1.165, 1.54) is 19.1 Å². The lowest BCUT2D eigenvalue weighted by atomic mass is 10.0. The van der Waals surface area contributed by atoms with Gasteiger partial charge >= 0.3 is 15.0 Å². The smallest absolute Gasteiger partial charge is 0.329 e. The Hall–Kier alpha value is -2.53. The van der Waals surface area contributed by atoms with Crippen molar-refractivity contribution in [2.45, 2.75) is 43.7 Å². The van der Waals surface area contributed by atoms with Crippen LogP contribution in [-0.4, -0.2) is 49.5 Å². The second-order valence-electron chi connectivity index (χ2n) is 6.70.